The molecule has 4 rings (SSSR count). The minimum Gasteiger partial charge on any atom is -0.348 e. The van der Waals surface area contributed by atoms with E-state index in [4.69, 9.17) is 0 Å². The maximum Gasteiger partial charge on any atom is 0.234 e. The van der Waals surface area contributed by atoms with Crippen LogP contribution in [0.15, 0.2) is 72.8 Å². The summed E-state index contributed by atoms with van der Waals surface area (Å²) < 4.78 is 0. The SMILES string of the molecule is CC(NC(=O)CN(Cc1ccccc1)C1CC1)c1ccc2ccccc2c1. The molecule has 3 heteroatoms. The molecule has 0 bridgehead atoms. The van der Waals surface area contributed by atoms with Crippen molar-refractivity contribution in [2.24, 2.45) is 0 Å². The van der Waals surface area contributed by atoms with Crippen molar-refractivity contribution in [3.8, 4) is 0 Å². The maximum absolute atomic E-state index is 12.7. The lowest BCUT2D eigenvalue weighted by molar-refractivity contribution is -0.123. The molecule has 0 saturated heterocycles. The molecule has 1 unspecified atom stereocenters. The minimum atomic E-state index is -0.000107. The van der Waals surface area contributed by atoms with Crippen molar-refractivity contribution in [3.63, 3.8) is 0 Å². The van der Waals surface area contributed by atoms with E-state index in [9.17, 15) is 4.79 Å². The molecular weight excluding hydrogens is 332 g/mol. The number of hydrogen-bond acceptors (Lipinski definition) is 2. The summed E-state index contributed by atoms with van der Waals surface area (Å²) in [5.41, 5.74) is 2.41. The lowest BCUT2D eigenvalue weighted by Crippen LogP contribution is -2.39. The zero-order valence-corrected chi connectivity index (χ0v) is 15.8. The highest BCUT2D eigenvalue weighted by Gasteiger charge is 2.30. The number of carbonyl (C=O) groups excluding carboxylic acids is 1. The Balaban J connectivity index is 1.39. The van der Waals surface area contributed by atoms with Crippen LogP contribution in [0.5, 0.6) is 0 Å². The van der Waals surface area contributed by atoms with Crippen LogP contribution in [-0.2, 0) is 11.3 Å². The van der Waals surface area contributed by atoms with Gasteiger partial charge in [0.05, 0.1) is 12.6 Å². The molecule has 3 aromatic rings. The van der Waals surface area contributed by atoms with E-state index in [1.165, 1.54) is 29.2 Å². The molecule has 3 aromatic carbocycles. The van der Waals surface area contributed by atoms with Gasteiger partial charge in [-0.3, -0.25) is 9.69 Å². The number of benzene rings is 3. The van der Waals surface area contributed by atoms with Crippen molar-refractivity contribution >= 4 is 16.7 Å². The lowest BCUT2D eigenvalue weighted by Gasteiger charge is -2.23. The van der Waals surface area contributed by atoms with Gasteiger partial charge < -0.3 is 5.32 Å². The van der Waals surface area contributed by atoms with Crippen LogP contribution in [0, 0.1) is 0 Å². The molecule has 1 atom stereocenters. The topological polar surface area (TPSA) is 32.3 Å². The van der Waals surface area contributed by atoms with Crippen LogP contribution in [0.25, 0.3) is 10.8 Å². The number of carbonyl (C=O) groups is 1. The second kappa shape index (κ2) is 7.93. The molecule has 27 heavy (non-hydrogen) atoms. The molecule has 0 aliphatic heterocycles. The largest absolute Gasteiger partial charge is 0.348 e. The Labute approximate surface area is 161 Å². The van der Waals surface area contributed by atoms with Gasteiger partial charge in [0.2, 0.25) is 5.91 Å². The fourth-order valence-electron chi connectivity index (χ4n) is 3.60. The predicted octanol–water partition coefficient (Wildman–Crippen LogP) is 4.68. The zero-order chi connectivity index (χ0) is 18.6. The zero-order valence-electron chi connectivity index (χ0n) is 15.8. The Kier molecular flexibility index (Phi) is 5.21. The molecule has 1 saturated carbocycles. The van der Waals surface area contributed by atoms with Crippen LogP contribution in [0.2, 0.25) is 0 Å². The first-order valence-electron chi connectivity index (χ1n) is 9.75. The van der Waals surface area contributed by atoms with Crippen LogP contribution < -0.4 is 5.32 Å². The number of nitrogens with one attached hydrogen (secondary N) is 1. The van der Waals surface area contributed by atoms with E-state index in [0.717, 1.165) is 12.1 Å². The fourth-order valence-corrected chi connectivity index (χ4v) is 3.60. The van der Waals surface area contributed by atoms with E-state index < -0.39 is 0 Å². The van der Waals surface area contributed by atoms with E-state index >= 15 is 0 Å². The summed E-state index contributed by atoms with van der Waals surface area (Å²) in [6, 6.07) is 25.7. The molecule has 3 nitrogen and oxygen atoms in total. The molecule has 1 fully saturated rings. The summed E-state index contributed by atoms with van der Waals surface area (Å²) >= 11 is 0. The number of nitrogens with zero attached hydrogens (tertiary/aromatic N) is 1. The first kappa shape index (κ1) is 17.7. The fraction of sp³-hybridized carbons (Fsp3) is 0.292. The van der Waals surface area contributed by atoms with E-state index in [-0.39, 0.29) is 11.9 Å². The van der Waals surface area contributed by atoms with Gasteiger partial charge in [0.15, 0.2) is 0 Å². The Morgan fingerprint density at radius 2 is 1.70 bits per heavy atom. The number of hydrogen-bond donors (Lipinski definition) is 1. The number of fused-ring (bicyclic) bond motifs is 1. The number of rotatable bonds is 7. The van der Waals surface area contributed by atoms with Crippen molar-refractivity contribution in [2.75, 3.05) is 6.54 Å². The maximum atomic E-state index is 12.7. The van der Waals surface area contributed by atoms with Gasteiger partial charge >= 0.3 is 0 Å². The van der Waals surface area contributed by atoms with Crippen molar-refractivity contribution in [1.82, 2.24) is 10.2 Å². The molecular formula is C24H26N2O. The molecule has 138 valence electrons. The Morgan fingerprint density at radius 1 is 1.00 bits per heavy atom. The Bertz CT molecular complexity index is 918. The quantitative estimate of drug-likeness (QED) is 0.665. The highest BCUT2D eigenvalue weighted by molar-refractivity contribution is 5.83. The van der Waals surface area contributed by atoms with Gasteiger partial charge in [0.25, 0.3) is 0 Å². The summed E-state index contributed by atoms with van der Waals surface area (Å²) in [5, 5.41) is 5.61. The smallest absolute Gasteiger partial charge is 0.234 e. The van der Waals surface area contributed by atoms with Gasteiger partial charge in [-0.15, -0.1) is 0 Å². The molecule has 1 aliphatic carbocycles. The molecule has 0 spiro atoms. The van der Waals surface area contributed by atoms with E-state index in [1.807, 2.05) is 18.2 Å². The van der Waals surface area contributed by atoms with Gasteiger partial charge in [-0.2, -0.15) is 0 Å². The predicted molar refractivity (Wildman–Crippen MR) is 110 cm³/mol. The van der Waals surface area contributed by atoms with E-state index in [2.05, 4.69) is 71.7 Å². The highest BCUT2D eigenvalue weighted by Crippen LogP contribution is 2.28. The standard InChI is InChI=1S/C24H26N2O/c1-18(21-12-11-20-9-5-6-10-22(20)15-21)25-24(27)17-26(23-13-14-23)16-19-7-3-2-4-8-19/h2-12,15,18,23H,13-14,16-17H2,1H3,(H,25,27). The van der Waals surface area contributed by atoms with Crippen LogP contribution >= 0.6 is 0 Å². The second-order valence-corrected chi connectivity index (χ2v) is 7.52. The second-order valence-electron chi connectivity index (χ2n) is 7.52. The average Bonchev–Trinajstić information content (AvgIpc) is 3.53. The van der Waals surface area contributed by atoms with Crippen molar-refractivity contribution < 1.29 is 4.79 Å². The minimum absolute atomic E-state index is 0.000107. The third-order valence-corrected chi connectivity index (χ3v) is 5.29. The summed E-state index contributed by atoms with van der Waals surface area (Å²) in [7, 11) is 0. The third kappa shape index (κ3) is 4.55. The van der Waals surface area contributed by atoms with Gasteiger partial charge in [-0.1, -0.05) is 66.7 Å². The lowest BCUT2D eigenvalue weighted by atomic mass is 10.0. The van der Waals surface area contributed by atoms with Crippen LogP contribution in [0.3, 0.4) is 0 Å². The van der Waals surface area contributed by atoms with Crippen LogP contribution in [0.1, 0.15) is 36.9 Å². The monoisotopic (exact) mass is 358 g/mol. The van der Waals surface area contributed by atoms with Gasteiger partial charge in [-0.25, -0.2) is 0 Å². The van der Waals surface area contributed by atoms with E-state index in [1.54, 1.807) is 0 Å². The summed E-state index contributed by atoms with van der Waals surface area (Å²) in [5.74, 6) is 0.0958. The Hall–Kier alpha value is -2.65. The van der Waals surface area contributed by atoms with Crippen LogP contribution in [0.4, 0.5) is 0 Å². The van der Waals surface area contributed by atoms with E-state index in [0.29, 0.717) is 12.6 Å². The first-order valence-corrected chi connectivity index (χ1v) is 9.75. The average molecular weight is 358 g/mol. The van der Waals surface area contributed by atoms with Gasteiger partial charge in [0.1, 0.15) is 0 Å². The summed E-state index contributed by atoms with van der Waals surface area (Å²) in [6.07, 6.45) is 2.39. The van der Waals surface area contributed by atoms with Crippen molar-refractivity contribution in [1.29, 1.82) is 0 Å². The summed E-state index contributed by atoms with van der Waals surface area (Å²) in [4.78, 5) is 15.0. The third-order valence-electron chi connectivity index (χ3n) is 5.29. The van der Waals surface area contributed by atoms with Gasteiger partial charge in [0, 0.05) is 12.6 Å². The molecule has 0 aromatic heterocycles. The van der Waals surface area contributed by atoms with Gasteiger partial charge in [-0.05, 0) is 47.7 Å². The molecule has 0 heterocycles. The molecule has 1 N–H and O–H groups in total. The van der Waals surface area contributed by atoms with Crippen molar-refractivity contribution in [3.05, 3.63) is 83.9 Å². The number of amides is 1. The molecule has 0 radical (unpaired) electrons. The molecule has 1 aliphatic rings. The Morgan fingerprint density at radius 3 is 2.44 bits per heavy atom. The molecule has 1 amide bonds. The summed E-state index contributed by atoms with van der Waals surface area (Å²) in [6.45, 7) is 3.35. The normalized spacial score (nSPS) is 15.0. The highest BCUT2D eigenvalue weighted by atomic mass is 16.2. The van der Waals surface area contributed by atoms with Crippen LogP contribution in [-0.4, -0.2) is 23.4 Å². The first-order chi connectivity index (χ1) is 13.2. The van der Waals surface area contributed by atoms with Crippen molar-refractivity contribution in [2.45, 2.75) is 38.4 Å².